The molecule has 1 aliphatic heterocycles. The van der Waals surface area contributed by atoms with E-state index in [2.05, 4.69) is 0 Å². The Hall–Kier alpha value is -3.57. The first-order valence-corrected chi connectivity index (χ1v) is 10.0. The third kappa shape index (κ3) is 4.05. The molecule has 1 unspecified atom stereocenters. The summed E-state index contributed by atoms with van der Waals surface area (Å²) in [6, 6.07) is 19.4. The minimum atomic E-state index is -0.947. The molecule has 3 aromatic rings. The highest BCUT2D eigenvalue weighted by Gasteiger charge is 2.31. The van der Waals surface area contributed by atoms with Crippen LogP contribution in [-0.4, -0.2) is 18.9 Å². The number of alkyl halides is 1. The second-order valence-electron chi connectivity index (χ2n) is 6.94. The monoisotopic (exact) mass is 434 g/mol. The molecule has 0 saturated carbocycles. The van der Waals surface area contributed by atoms with Crippen LogP contribution in [0.25, 0.3) is 6.08 Å². The first-order valence-electron chi connectivity index (χ1n) is 9.61. The predicted octanol–water partition coefficient (Wildman–Crippen LogP) is 5.51. The molecule has 156 valence electrons. The second kappa shape index (κ2) is 8.66. The third-order valence-electron chi connectivity index (χ3n) is 4.97. The zero-order valence-corrected chi connectivity index (χ0v) is 17.7. The van der Waals surface area contributed by atoms with E-state index in [1.54, 1.807) is 62.6 Å². The van der Waals surface area contributed by atoms with Crippen LogP contribution in [0.4, 0.5) is 0 Å². The molecule has 1 aliphatic rings. The Kier molecular flexibility index (Phi) is 5.78. The summed E-state index contributed by atoms with van der Waals surface area (Å²) >= 11 is 6.26. The van der Waals surface area contributed by atoms with Crippen molar-refractivity contribution < 1.29 is 23.8 Å². The Balaban J connectivity index is 1.59. The van der Waals surface area contributed by atoms with Crippen molar-refractivity contribution in [1.82, 2.24) is 0 Å². The number of carbonyl (C=O) groups excluding carboxylic acids is 2. The van der Waals surface area contributed by atoms with Gasteiger partial charge in [-0.15, -0.1) is 11.6 Å². The van der Waals surface area contributed by atoms with Gasteiger partial charge >= 0.3 is 5.97 Å². The van der Waals surface area contributed by atoms with Crippen LogP contribution in [0, 0.1) is 6.92 Å². The highest BCUT2D eigenvalue weighted by Crippen LogP contribution is 2.40. The van der Waals surface area contributed by atoms with E-state index < -0.39 is 11.3 Å². The van der Waals surface area contributed by atoms with Gasteiger partial charge in [-0.05, 0) is 36.8 Å². The van der Waals surface area contributed by atoms with Gasteiger partial charge in [0, 0.05) is 11.1 Å². The number of benzene rings is 3. The SMILES string of the molecule is COc1ccccc1/C=C1\Oc2c(ccc(OC(=O)C(Cl)c3ccccc3)c2C)C1=O. The number of hydrogen-bond acceptors (Lipinski definition) is 5. The van der Waals surface area contributed by atoms with Gasteiger partial charge in [0.05, 0.1) is 12.7 Å². The number of esters is 1. The fourth-order valence-corrected chi connectivity index (χ4v) is 3.51. The molecule has 0 N–H and O–H groups in total. The molecule has 0 aromatic heterocycles. The Morgan fingerprint density at radius 2 is 1.71 bits per heavy atom. The van der Waals surface area contributed by atoms with Crippen molar-refractivity contribution in [3.63, 3.8) is 0 Å². The Morgan fingerprint density at radius 3 is 2.45 bits per heavy atom. The van der Waals surface area contributed by atoms with Gasteiger partial charge in [0.15, 0.2) is 11.1 Å². The number of para-hydroxylation sites is 1. The number of halogens is 1. The van der Waals surface area contributed by atoms with Crippen molar-refractivity contribution in [3.05, 3.63) is 94.7 Å². The van der Waals surface area contributed by atoms with Gasteiger partial charge in [0.25, 0.3) is 0 Å². The maximum atomic E-state index is 12.8. The maximum Gasteiger partial charge on any atom is 0.334 e. The summed E-state index contributed by atoms with van der Waals surface area (Å²) in [7, 11) is 1.56. The first-order chi connectivity index (χ1) is 15.0. The fourth-order valence-electron chi connectivity index (χ4n) is 3.32. The summed E-state index contributed by atoms with van der Waals surface area (Å²) in [5.41, 5.74) is 2.31. The number of hydrogen-bond donors (Lipinski definition) is 0. The van der Waals surface area contributed by atoms with E-state index in [0.717, 1.165) is 5.56 Å². The number of rotatable bonds is 5. The lowest BCUT2D eigenvalue weighted by Gasteiger charge is -2.13. The molecule has 5 nitrogen and oxygen atoms in total. The zero-order chi connectivity index (χ0) is 22.0. The molecule has 0 aliphatic carbocycles. The lowest BCUT2D eigenvalue weighted by molar-refractivity contribution is -0.134. The van der Waals surface area contributed by atoms with Crippen LogP contribution in [-0.2, 0) is 4.79 Å². The second-order valence-corrected chi connectivity index (χ2v) is 7.38. The number of ether oxygens (including phenoxy) is 3. The smallest absolute Gasteiger partial charge is 0.334 e. The molecule has 0 spiro atoms. The van der Waals surface area contributed by atoms with Crippen LogP contribution in [0.2, 0.25) is 0 Å². The summed E-state index contributed by atoms with van der Waals surface area (Å²) in [6.07, 6.45) is 1.64. The molecular formula is C25H19ClO5. The van der Waals surface area contributed by atoms with Gasteiger partial charge in [-0.3, -0.25) is 4.79 Å². The van der Waals surface area contributed by atoms with E-state index in [-0.39, 0.29) is 17.3 Å². The van der Waals surface area contributed by atoms with Gasteiger partial charge < -0.3 is 14.2 Å². The number of methoxy groups -OCH3 is 1. The standard InChI is InChI=1S/C25H19ClO5/c1-15-19(31-25(28)22(26)16-8-4-3-5-9-16)13-12-18-23(27)21(30-24(15)18)14-17-10-6-7-11-20(17)29-2/h3-14,22H,1-2H3/b21-14-. The van der Waals surface area contributed by atoms with Crippen molar-refractivity contribution in [1.29, 1.82) is 0 Å². The van der Waals surface area contributed by atoms with Crippen LogP contribution in [0.15, 0.2) is 72.5 Å². The Labute approximate surface area is 184 Å². The largest absolute Gasteiger partial charge is 0.496 e. The van der Waals surface area contributed by atoms with Crippen LogP contribution in [0.3, 0.4) is 0 Å². The number of Topliss-reactive ketones (excluding diaryl/α,β-unsaturated/α-hetero) is 1. The molecule has 0 bridgehead atoms. The number of carbonyl (C=O) groups is 2. The minimum absolute atomic E-state index is 0.172. The summed E-state index contributed by atoms with van der Waals surface area (Å²) < 4.78 is 16.7. The normalized spacial score (nSPS) is 14.7. The van der Waals surface area contributed by atoms with Crippen LogP contribution in [0.5, 0.6) is 17.2 Å². The lowest BCUT2D eigenvalue weighted by Crippen LogP contribution is -2.15. The third-order valence-corrected chi connectivity index (χ3v) is 5.40. The van der Waals surface area contributed by atoms with Crippen molar-refractivity contribution in [2.24, 2.45) is 0 Å². The average Bonchev–Trinajstić information content (AvgIpc) is 3.12. The van der Waals surface area contributed by atoms with E-state index >= 15 is 0 Å². The highest BCUT2D eigenvalue weighted by molar-refractivity contribution is 6.30. The maximum absolute atomic E-state index is 12.8. The van der Waals surface area contributed by atoms with Gasteiger partial charge in [-0.1, -0.05) is 48.5 Å². The van der Waals surface area contributed by atoms with Gasteiger partial charge in [-0.25, -0.2) is 4.79 Å². The Morgan fingerprint density at radius 1 is 1.00 bits per heavy atom. The number of ketones is 1. The molecule has 4 rings (SSSR count). The molecule has 31 heavy (non-hydrogen) atoms. The van der Waals surface area contributed by atoms with Crippen LogP contribution >= 0.6 is 11.6 Å². The molecule has 0 radical (unpaired) electrons. The van der Waals surface area contributed by atoms with Crippen LogP contribution < -0.4 is 14.2 Å². The number of fused-ring (bicyclic) bond motifs is 1. The fraction of sp³-hybridized carbons (Fsp3) is 0.120. The van der Waals surface area contributed by atoms with Gasteiger partial charge in [0.1, 0.15) is 17.2 Å². The molecule has 0 fully saturated rings. The molecule has 1 atom stereocenters. The molecule has 0 amide bonds. The number of allylic oxidation sites excluding steroid dienone is 1. The van der Waals surface area contributed by atoms with Crippen molar-refractivity contribution >= 4 is 29.4 Å². The highest BCUT2D eigenvalue weighted by atomic mass is 35.5. The van der Waals surface area contributed by atoms with Crippen molar-refractivity contribution in [2.75, 3.05) is 7.11 Å². The van der Waals surface area contributed by atoms with E-state index in [9.17, 15) is 9.59 Å². The topological polar surface area (TPSA) is 61.8 Å². The molecule has 1 heterocycles. The van der Waals surface area contributed by atoms with E-state index in [1.807, 2.05) is 24.3 Å². The van der Waals surface area contributed by atoms with Gasteiger partial charge in [0.2, 0.25) is 5.78 Å². The molecule has 0 saturated heterocycles. The predicted molar refractivity (Wildman–Crippen MR) is 118 cm³/mol. The Bertz CT molecular complexity index is 1180. The first kappa shape index (κ1) is 20.7. The average molecular weight is 435 g/mol. The van der Waals surface area contributed by atoms with Gasteiger partial charge in [-0.2, -0.15) is 0 Å². The summed E-state index contributed by atoms with van der Waals surface area (Å²) in [4.78, 5) is 25.3. The molecule has 6 heteroatoms. The zero-order valence-electron chi connectivity index (χ0n) is 16.9. The summed E-state index contributed by atoms with van der Waals surface area (Å²) in [5, 5.41) is -0.947. The molecular weight excluding hydrogens is 416 g/mol. The van der Waals surface area contributed by atoms with E-state index in [1.165, 1.54) is 0 Å². The van der Waals surface area contributed by atoms with E-state index in [0.29, 0.717) is 28.2 Å². The molecule has 3 aromatic carbocycles. The summed E-state index contributed by atoms with van der Waals surface area (Å²) in [5.74, 6) is 0.596. The summed E-state index contributed by atoms with van der Waals surface area (Å²) in [6.45, 7) is 1.73. The van der Waals surface area contributed by atoms with Crippen LogP contribution in [0.1, 0.15) is 32.4 Å². The minimum Gasteiger partial charge on any atom is -0.496 e. The van der Waals surface area contributed by atoms with Crippen molar-refractivity contribution in [3.8, 4) is 17.2 Å². The quantitative estimate of drug-likeness (QED) is 0.229. The van der Waals surface area contributed by atoms with E-state index in [4.69, 9.17) is 25.8 Å². The lowest BCUT2D eigenvalue weighted by atomic mass is 10.1. The van der Waals surface area contributed by atoms with Crippen molar-refractivity contribution in [2.45, 2.75) is 12.3 Å².